The van der Waals surface area contributed by atoms with Crippen LogP contribution in [0.4, 0.5) is 0 Å². The number of hydrogen-bond acceptors (Lipinski definition) is 15. The van der Waals surface area contributed by atoms with Gasteiger partial charge >= 0.3 is 5.97 Å². The molecule has 0 aliphatic heterocycles. The number of aliphatic hydroxyl groups excluding tert-OH is 3. The van der Waals surface area contributed by atoms with E-state index in [9.17, 15) is 68.7 Å². The highest BCUT2D eigenvalue weighted by Crippen LogP contribution is 2.14. The Labute approximate surface area is 399 Å². The summed E-state index contributed by atoms with van der Waals surface area (Å²) in [7, 11) is 0. The third kappa shape index (κ3) is 20.2. The molecule has 24 heteroatoms. The van der Waals surface area contributed by atoms with Crippen LogP contribution in [0.2, 0.25) is 0 Å². The van der Waals surface area contributed by atoms with Crippen LogP contribution in [0.5, 0.6) is 5.75 Å². The van der Waals surface area contributed by atoms with Gasteiger partial charge in [-0.2, -0.15) is 0 Å². The molecule has 24 nitrogen and oxygen atoms in total. The molecule has 0 aromatic heterocycles. The van der Waals surface area contributed by atoms with E-state index in [0.29, 0.717) is 43.4 Å². The number of aliphatic carboxylic acids is 1. The summed E-state index contributed by atoms with van der Waals surface area (Å²) < 4.78 is 0. The third-order valence-electron chi connectivity index (χ3n) is 10.9. The number of hydrogen-bond donors (Lipinski definition) is 15. The van der Waals surface area contributed by atoms with Gasteiger partial charge in [-0.1, -0.05) is 69.2 Å². The quantitative estimate of drug-likeness (QED) is 0.0329. The number of phenolic OH excluding ortho intramolecular Hbond substituents is 1. The molecular formula is C45H68N10O14. The molecular weight excluding hydrogens is 905 g/mol. The molecule has 0 radical (unpaired) electrons. The largest absolute Gasteiger partial charge is 0.508 e. The van der Waals surface area contributed by atoms with E-state index in [1.54, 1.807) is 44.2 Å². The van der Waals surface area contributed by atoms with Crippen molar-refractivity contribution in [1.29, 1.82) is 0 Å². The van der Waals surface area contributed by atoms with Crippen molar-refractivity contribution in [2.45, 2.75) is 121 Å². The third-order valence-corrected chi connectivity index (χ3v) is 10.9. The van der Waals surface area contributed by atoms with Gasteiger partial charge in [-0.15, -0.1) is 0 Å². The Kier molecular flexibility index (Phi) is 25.3. The van der Waals surface area contributed by atoms with Crippen molar-refractivity contribution in [3.05, 3.63) is 65.7 Å². The second kappa shape index (κ2) is 29.9. The first-order valence-electron chi connectivity index (χ1n) is 22.4. The van der Waals surface area contributed by atoms with Crippen molar-refractivity contribution in [2.24, 2.45) is 17.4 Å². The summed E-state index contributed by atoms with van der Waals surface area (Å²) in [5, 5.41) is 68.0. The summed E-state index contributed by atoms with van der Waals surface area (Å²) in [6.45, 7) is 3.64. The molecule has 8 amide bonds. The maximum atomic E-state index is 14.2. The monoisotopic (exact) mass is 972 g/mol. The minimum Gasteiger partial charge on any atom is -0.508 e. The molecule has 2 aromatic rings. The van der Waals surface area contributed by atoms with Crippen LogP contribution in [0.3, 0.4) is 0 Å². The lowest BCUT2D eigenvalue weighted by atomic mass is 9.96. The molecule has 0 unspecified atom stereocenters. The van der Waals surface area contributed by atoms with Gasteiger partial charge in [0.05, 0.1) is 31.9 Å². The summed E-state index contributed by atoms with van der Waals surface area (Å²) in [5.74, 6) is -9.49. The molecule has 2 rings (SSSR count). The van der Waals surface area contributed by atoms with Gasteiger partial charge in [0.2, 0.25) is 47.3 Å². The summed E-state index contributed by atoms with van der Waals surface area (Å²) in [6.07, 6.45) is -0.0513. The molecule has 0 heterocycles. The number of phenols is 1. The number of benzene rings is 2. The lowest BCUT2D eigenvalue weighted by Gasteiger charge is -2.29. The normalized spacial score (nSPS) is 15.4. The SMILES string of the molecule is CC[C@H](C)[C@H](NC(=O)[C@H](Cc1ccc(O)cc1)NC(=O)CNC(=O)[C@H](CO)NC(=O)[C@H](C)NC(=O)[C@@H](N)CCCCN)C(=O)N[C@@H](Cc1ccccc1)C(=O)N[C@H](C(=O)N[C@@H](CO)C(=O)O)[C@@H](C)O. The summed E-state index contributed by atoms with van der Waals surface area (Å²) in [6, 6.07) is 2.65. The summed E-state index contributed by atoms with van der Waals surface area (Å²) >= 11 is 0. The highest BCUT2D eigenvalue weighted by molar-refractivity contribution is 5.97. The molecule has 69 heavy (non-hydrogen) atoms. The minimum atomic E-state index is -1.76. The Morgan fingerprint density at radius 3 is 1.65 bits per heavy atom. The zero-order chi connectivity index (χ0) is 51.8. The molecule has 0 bridgehead atoms. The van der Waals surface area contributed by atoms with Crippen LogP contribution in [0, 0.1) is 5.92 Å². The maximum Gasteiger partial charge on any atom is 0.328 e. The van der Waals surface area contributed by atoms with Gasteiger partial charge in [-0.05, 0) is 62.4 Å². The van der Waals surface area contributed by atoms with Crippen LogP contribution < -0.4 is 54.0 Å². The molecule has 0 aliphatic carbocycles. The standard InChI is InChI=1S/C45H68N10O14/c1-5-24(2)36(43(66)51-32(19-27-11-7-6-8-12-27)42(65)55-37(26(4)58)44(67)53-34(23-57)45(68)69)54-41(64)31(20-28-14-16-29(59)17-15-28)50-35(60)21-48-40(63)33(22-56)52-38(61)25(3)49-39(62)30(47)13-9-10-18-46/h6-8,11-12,14-17,24-26,30-34,36-37,56-59H,5,9-10,13,18-23,46-47H2,1-4H3,(H,48,63)(H,49,62)(H,50,60)(H,51,66)(H,52,61)(H,53,67)(H,54,64)(H,55,65)(H,68,69)/t24-,25-,26+,30-,31-,32-,33-,34-,36-,37-/m0/s1. The van der Waals surface area contributed by atoms with E-state index in [1.165, 1.54) is 31.2 Å². The van der Waals surface area contributed by atoms with E-state index in [-0.39, 0.29) is 18.6 Å². The molecule has 2 aromatic carbocycles. The second-order valence-electron chi connectivity index (χ2n) is 16.5. The van der Waals surface area contributed by atoms with Crippen molar-refractivity contribution < 1.29 is 68.7 Å². The average molecular weight is 973 g/mol. The Balaban J connectivity index is 2.30. The van der Waals surface area contributed by atoms with Crippen LogP contribution in [0.25, 0.3) is 0 Å². The van der Waals surface area contributed by atoms with Crippen molar-refractivity contribution in [3.8, 4) is 5.75 Å². The lowest BCUT2D eigenvalue weighted by molar-refractivity contribution is -0.144. The van der Waals surface area contributed by atoms with Crippen molar-refractivity contribution in [1.82, 2.24) is 42.5 Å². The fourth-order valence-electron chi connectivity index (χ4n) is 6.51. The molecule has 0 aliphatic rings. The Bertz CT molecular complexity index is 2030. The first-order chi connectivity index (χ1) is 32.6. The van der Waals surface area contributed by atoms with E-state index in [0.717, 1.165) is 6.92 Å². The topological polar surface area (TPSA) is 403 Å². The number of nitrogens with two attached hydrogens (primary N) is 2. The van der Waals surface area contributed by atoms with Gasteiger partial charge in [0.1, 0.15) is 48.0 Å². The number of nitrogens with one attached hydrogen (secondary N) is 8. The van der Waals surface area contributed by atoms with Crippen LogP contribution in [0.15, 0.2) is 54.6 Å². The zero-order valence-corrected chi connectivity index (χ0v) is 39.1. The first kappa shape index (κ1) is 58.4. The molecule has 0 fully saturated rings. The highest BCUT2D eigenvalue weighted by atomic mass is 16.4. The van der Waals surface area contributed by atoms with E-state index in [2.05, 4.69) is 37.2 Å². The second-order valence-corrected chi connectivity index (χ2v) is 16.5. The van der Waals surface area contributed by atoms with E-state index in [4.69, 9.17) is 11.5 Å². The zero-order valence-electron chi connectivity index (χ0n) is 39.1. The molecule has 10 atom stereocenters. The number of aromatic hydroxyl groups is 1. The van der Waals surface area contributed by atoms with Gasteiger partial charge in [-0.3, -0.25) is 38.4 Å². The number of carbonyl (C=O) groups is 9. The summed E-state index contributed by atoms with van der Waals surface area (Å²) in [5.41, 5.74) is 12.4. The fraction of sp³-hybridized carbons (Fsp3) is 0.533. The van der Waals surface area contributed by atoms with Crippen molar-refractivity contribution in [2.75, 3.05) is 26.3 Å². The van der Waals surface area contributed by atoms with E-state index in [1.807, 2.05) is 5.32 Å². The molecule has 0 saturated carbocycles. The van der Waals surface area contributed by atoms with Crippen LogP contribution in [-0.4, -0.2) is 160 Å². The average Bonchev–Trinajstić information content (AvgIpc) is 3.32. The number of rotatable bonds is 30. The molecule has 17 N–H and O–H groups in total. The fourth-order valence-corrected chi connectivity index (χ4v) is 6.51. The Hall–Kier alpha value is -6.73. The highest BCUT2D eigenvalue weighted by Gasteiger charge is 2.36. The predicted octanol–water partition coefficient (Wildman–Crippen LogP) is -4.34. The number of carbonyl (C=O) groups excluding carboxylic acids is 8. The maximum absolute atomic E-state index is 14.2. The smallest absolute Gasteiger partial charge is 0.328 e. The molecule has 0 spiro atoms. The summed E-state index contributed by atoms with van der Waals surface area (Å²) in [4.78, 5) is 118. The van der Waals surface area contributed by atoms with Crippen LogP contribution in [0.1, 0.15) is 64.5 Å². The minimum absolute atomic E-state index is 0.0895. The van der Waals surface area contributed by atoms with Crippen LogP contribution in [-0.2, 0) is 56.0 Å². The van der Waals surface area contributed by atoms with Gasteiger partial charge in [-0.25, -0.2) is 4.79 Å². The van der Waals surface area contributed by atoms with Crippen molar-refractivity contribution >= 4 is 53.2 Å². The Morgan fingerprint density at radius 1 is 0.594 bits per heavy atom. The lowest BCUT2D eigenvalue weighted by Crippen LogP contribution is -2.62. The van der Waals surface area contributed by atoms with Gasteiger partial charge in [0.25, 0.3) is 0 Å². The van der Waals surface area contributed by atoms with Crippen molar-refractivity contribution in [3.63, 3.8) is 0 Å². The number of carboxylic acids is 1. The molecule has 382 valence electrons. The number of aliphatic hydroxyl groups is 3. The number of unbranched alkanes of at least 4 members (excludes halogenated alkanes) is 1. The van der Waals surface area contributed by atoms with Gasteiger partial charge in [0.15, 0.2) is 0 Å². The van der Waals surface area contributed by atoms with Gasteiger partial charge in [0, 0.05) is 12.8 Å². The van der Waals surface area contributed by atoms with Crippen LogP contribution >= 0.6 is 0 Å². The predicted molar refractivity (Wildman–Crippen MR) is 248 cm³/mol. The van der Waals surface area contributed by atoms with Gasteiger partial charge < -0.3 is 79.5 Å². The number of carboxylic acid groups (broad SMARTS) is 1. The van der Waals surface area contributed by atoms with E-state index < -0.39 is 133 Å². The molecule has 0 saturated heterocycles. The first-order valence-corrected chi connectivity index (χ1v) is 22.4. The Morgan fingerprint density at radius 2 is 1.12 bits per heavy atom. The number of amides is 8. The van der Waals surface area contributed by atoms with E-state index >= 15 is 0 Å².